The van der Waals surface area contributed by atoms with E-state index < -0.39 is 0 Å². The van der Waals surface area contributed by atoms with Gasteiger partial charge in [-0.05, 0) is 37.8 Å². The number of hydrogen-bond acceptors (Lipinski definition) is 3. The quantitative estimate of drug-likeness (QED) is 0.890. The predicted molar refractivity (Wildman–Crippen MR) is 89.6 cm³/mol. The van der Waals surface area contributed by atoms with Crippen molar-refractivity contribution in [1.82, 2.24) is 0 Å². The zero-order valence-corrected chi connectivity index (χ0v) is 13.5. The Morgan fingerprint density at radius 3 is 2.76 bits per heavy atom. The number of rotatable bonds is 3. The molecule has 1 aromatic rings. The molecule has 116 valence electrons. The molecule has 1 aliphatic carbocycles. The molecule has 21 heavy (non-hydrogen) atoms. The van der Waals surface area contributed by atoms with Crippen molar-refractivity contribution in [2.75, 3.05) is 30.4 Å². The molecule has 0 radical (unpaired) electrons. The summed E-state index contributed by atoms with van der Waals surface area (Å²) in [4.78, 5) is 2.54. The van der Waals surface area contributed by atoms with Crippen LogP contribution in [0.2, 0.25) is 0 Å². The molecule has 1 aromatic carbocycles. The van der Waals surface area contributed by atoms with Crippen LogP contribution in [0.4, 0.5) is 11.4 Å². The van der Waals surface area contributed by atoms with Gasteiger partial charge in [0, 0.05) is 19.1 Å². The molecular formula is C18H28N2O. The lowest BCUT2D eigenvalue weighted by molar-refractivity contribution is 0.274. The van der Waals surface area contributed by atoms with Gasteiger partial charge >= 0.3 is 0 Å². The molecule has 1 aliphatic heterocycles. The maximum absolute atomic E-state index is 5.94. The van der Waals surface area contributed by atoms with Gasteiger partial charge in [-0.1, -0.05) is 32.3 Å². The standard InChI is InChI=1S/C18H28N2O/c1-3-14-21-16-9-7-8-15-17(16)19-13-12-18(20(15)2)10-5-4-6-11-18/h7-9,19H,3-6,10-14H2,1-2H3. The van der Waals surface area contributed by atoms with Gasteiger partial charge in [0.2, 0.25) is 0 Å². The Hall–Kier alpha value is -1.38. The van der Waals surface area contributed by atoms with Gasteiger partial charge in [0.05, 0.1) is 12.3 Å². The second kappa shape index (κ2) is 6.17. The Morgan fingerprint density at radius 1 is 1.19 bits per heavy atom. The fraction of sp³-hybridized carbons (Fsp3) is 0.667. The molecule has 0 bridgehead atoms. The minimum atomic E-state index is 0.347. The van der Waals surface area contributed by atoms with Crippen LogP contribution in [0.25, 0.3) is 0 Å². The summed E-state index contributed by atoms with van der Waals surface area (Å²) in [5, 5.41) is 3.64. The lowest BCUT2D eigenvalue weighted by atomic mass is 9.78. The van der Waals surface area contributed by atoms with E-state index in [4.69, 9.17) is 4.74 Å². The Morgan fingerprint density at radius 2 is 2.00 bits per heavy atom. The first-order valence-corrected chi connectivity index (χ1v) is 8.50. The van der Waals surface area contributed by atoms with E-state index in [9.17, 15) is 0 Å². The van der Waals surface area contributed by atoms with Gasteiger partial charge < -0.3 is 15.0 Å². The average molecular weight is 288 g/mol. The van der Waals surface area contributed by atoms with Crippen LogP contribution in [0.3, 0.4) is 0 Å². The number of benzene rings is 1. The van der Waals surface area contributed by atoms with Gasteiger partial charge in [0.1, 0.15) is 11.4 Å². The summed E-state index contributed by atoms with van der Waals surface area (Å²) in [6.07, 6.45) is 9.05. The summed E-state index contributed by atoms with van der Waals surface area (Å²) in [6, 6.07) is 6.46. The van der Waals surface area contributed by atoms with Crippen LogP contribution < -0.4 is 15.0 Å². The van der Waals surface area contributed by atoms with E-state index in [1.165, 1.54) is 49.9 Å². The van der Waals surface area contributed by atoms with Crippen LogP contribution in [-0.2, 0) is 0 Å². The fourth-order valence-corrected chi connectivity index (χ4v) is 3.95. The van der Waals surface area contributed by atoms with Gasteiger partial charge in [-0.25, -0.2) is 0 Å². The lowest BCUT2D eigenvalue weighted by Gasteiger charge is -2.45. The molecule has 0 atom stereocenters. The van der Waals surface area contributed by atoms with Crippen LogP contribution >= 0.6 is 0 Å². The van der Waals surface area contributed by atoms with Crippen molar-refractivity contribution in [1.29, 1.82) is 0 Å². The summed E-state index contributed by atoms with van der Waals surface area (Å²) in [6.45, 7) is 3.98. The van der Waals surface area contributed by atoms with Crippen molar-refractivity contribution in [3.63, 3.8) is 0 Å². The van der Waals surface area contributed by atoms with Gasteiger partial charge in [0.15, 0.2) is 0 Å². The maximum Gasteiger partial charge on any atom is 0.144 e. The number of anilines is 2. The van der Waals surface area contributed by atoms with E-state index in [2.05, 4.69) is 42.4 Å². The number of ether oxygens (including phenoxy) is 1. The highest BCUT2D eigenvalue weighted by molar-refractivity contribution is 5.78. The van der Waals surface area contributed by atoms with Crippen LogP contribution in [-0.4, -0.2) is 25.7 Å². The monoisotopic (exact) mass is 288 g/mol. The van der Waals surface area contributed by atoms with E-state index >= 15 is 0 Å². The first-order valence-electron chi connectivity index (χ1n) is 8.50. The van der Waals surface area contributed by atoms with Crippen LogP contribution in [0, 0.1) is 0 Å². The zero-order valence-electron chi connectivity index (χ0n) is 13.5. The van der Waals surface area contributed by atoms with E-state index in [0.717, 1.165) is 25.3 Å². The number of nitrogens with zero attached hydrogens (tertiary/aromatic N) is 1. The highest BCUT2D eigenvalue weighted by atomic mass is 16.5. The average Bonchev–Trinajstić information content (AvgIpc) is 2.65. The third-order valence-corrected chi connectivity index (χ3v) is 5.22. The van der Waals surface area contributed by atoms with E-state index in [0.29, 0.717) is 5.54 Å². The van der Waals surface area contributed by atoms with E-state index in [-0.39, 0.29) is 0 Å². The summed E-state index contributed by atoms with van der Waals surface area (Å²) < 4.78 is 5.94. The maximum atomic E-state index is 5.94. The van der Waals surface area contributed by atoms with E-state index in [1.54, 1.807) is 0 Å². The molecule has 3 rings (SSSR count). The zero-order chi connectivity index (χ0) is 14.7. The SMILES string of the molecule is CCCOc1cccc2c1NCCC1(CCCCC1)N2C. The molecule has 0 saturated heterocycles. The number of nitrogens with one attached hydrogen (secondary N) is 1. The van der Waals surface area contributed by atoms with Gasteiger partial charge in [0.25, 0.3) is 0 Å². The Labute approximate surface area is 128 Å². The molecule has 2 aliphatic rings. The summed E-state index contributed by atoms with van der Waals surface area (Å²) in [5.41, 5.74) is 2.85. The molecule has 1 fully saturated rings. The highest BCUT2D eigenvalue weighted by Gasteiger charge is 2.38. The molecule has 1 saturated carbocycles. The largest absolute Gasteiger partial charge is 0.491 e. The smallest absolute Gasteiger partial charge is 0.144 e. The Balaban J connectivity index is 1.93. The molecule has 1 heterocycles. The Bertz CT molecular complexity index is 480. The molecule has 3 heteroatoms. The summed E-state index contributed by atoms with van der Waals surface area (Å²) in [5.74, 6) is 1.01. The summed E-state index contributed by atoms with van der Waals surface area (Å²) >= 11 is 0. The normalized spacial score (nSPS) is 20.6. The van der Waals surface area contributed by atoms with Gasteiger partial charge in [-0.3, -0.25) is 0 Å². The van der Waals surface area contributed by atoms with Crippen LogP contribution in [0.1, 0.15) is 51.9 Å². The number of hydrogen-bond donors (Lipinski definition) is 1. The third-order valence-electron chi connectivity index (χ3n) is 5.22. The minimum absolute atomic E-state index is 0.347. The van der Waals surface area contributed by atoms with Crippen LogP contribution in [0.15, 0.2) is 18.2 Å². The minimum Gasteiger partial charge on any atom is -0.491 e. The van der Waals surface area contributed by atoms with Crippen molar-refractivity contribution >= 4 is 11.4 Å². The fourth-order valence-electron chi connectivity index (χ4n) is 3.95. The van der Waals surface area contributed by atoms with Crippen molar-refractivity contribution in [3.05, 3.63) is 18.2 Å². The molecule has 1 N–H and O–H groups in total. The van der Waals surface area contributed by atoms with Crippen molar-refractivity contribution in [2.45, 2.75) is 57.4 Å². The van der Waals surface area contributed by atoms with Gasteiger partial charge in [-0.15, -0.1) is 0 Å². The van der Waals surface area contributed by atoms with Gasteiger partial charge in [-0.2, -0.15) is 0 Å². The first-order chi connectivity index (χ1) is 10.3. The van der Waals surface area contributed by atoms with E-state index in [1.807, 2.05) is 0 Å². The predicted octanol–water partition coefficient (Wildman–Crippen LogP) is 4.43. The summed E-state index contributed by atoms with van der Waals surface area (Å²) in [7, 11) is 2.28. The number of fused-ring (bicyclic) bond motifs is 1. The highest BCUT2D eigenvalue weighted by Crippen LogP contribution is 2.45. The second-order valence-corrected chi connectivity index (χ2v) is 6.52. The molecule has 0 aromatic heterocycles. The van der Waals surface area contributed by atoms with Crippen molar-refractivity contribution in [2.24, 2.45) is 0 Å². The first kappa shape index (κ1) is 14.6. The van der Waals surface area contributed by atoms with Crippen molar-refractivity contribution in [3.8, 4) is 5.75 Å². The molecule has 0 unspecified atom stereocenters. The third kappa shape index (κ3) is 2.70. The molecular weight excluding hydrogens is 260 g/mol. The van der Waals surface area contributed by atoms with Crippen LogP contribution in [0.5, 0.6) is 5.75 Å². The lowest BCUT2D eigenvalue weighted by Crippen LogP contribution is -2.48. The second-order valence-electron chi connectivity index (χ2n) is 6.52. The molecule has 3 nitrogen and oxygen atoms in total. The molecule has 1 spiro atoms. The topological polar surface area (TPSA) is 24.5 Å². The molecule has 0 amide bonds. The number of para-hydroxylation sites is 1. The Kier molecular flexibility index (Phi) is 4.27. The van der Waals surface area contributed by atoms with Crippen molar-refractivity contribution < 1.29 is 4.74 Å².